The fraction of sp³-hybridized carbons (Fsp3) is 0.222. The van der Waals surface area contributed by atoms with Crippen molar-refractivity contribution in [1.82, 2.24) is 0 Å². The molecule has 5 nitrogen and oxygen atoms in total. The van der Waals surface area contributed by atoms with Gasteiger partial charge in [-0.3, -0.25) is 14.5 Å². The van der Waals surface area contributed by atoms with Gasteiger partial charge in [-0.05, 0) is 18.2 Å². The molecule has 0 aliphatic carbocycles. The van der Waals surface area contributed by atoms with Crippen molar-refractivity contribution in [2.24, 2.45) is 0 Å². The van der Waals surface area contributed by atoms with Crippen molar-refractivity contribution in [2.75, 3.05) is 30.4 Å². The first kappa shape index (κ1) is 16.1. The maximum atomic E-state index is 13.7. The molecule has 2 aromatic rings. The van der Waals surface area contributed by atoms with Crippen LogP contribution in [-0.2, 0) is 16.1 Å². The number of hydrogen-bond donors (Lipinski definition) is 2. The molecule has 24 heavy (non-hydrogen) atoms. The average Bonchev–Trinajstić information content (AvgIpc) is 2.56. The number of nitrogens with one attached hydrogen (secondary N) is 2. The molecule has 0 bridgehead atoms. The molecule has 1 aliphatic heterocycles. The van der Waals surface area contributed by atoms with Gasteiger partial charge in [0.25, 0.3) is 5.91 Å². The number of amides is 2. The Kier molecular flexibility index (Phi) is 4.57. The van der Waals surface area contributed by atoms with Gasteiger partial charge < -0.3 is 10.2 Å². The van der Waals surface area contributed by atoms with Crippen LogP contribution in [0.1, 0.15) is 5.56 Å². The summed E-state index contributed by atoms with van der Waals surface area (Å²) in [4.78, 5) is 26.8. The first-order chi connectivity index (χ1) is 11.5. The van der Waals surface area contributed by atoms with Crippen LogP contribution in [0.5, 0.6) is 0 Å². The highest BCUT2D eigenvalue weighted by Crippen LogP contribution is 2.28. The number of carbonyl (C=O) groups excluding carboxylic acids is 2. The van der Waals surface area contributed by atoms with Crippen molar-refractivity contribution in [3.8, 4) is 0 Å². The van der Waals surface area contributed by atoms with E-state index in [0.29, 0.717) is 23.5 Å². The van der Waals surface area contributed by atoms with E-state index in [4.69, 9.17) is 0 Å². The van der Waals surface area contributed by atoms with Gasteiger partial charge in [-0.2, -0.15) is 0 Å². The van der Waals surface area contributed by atoms with Gasteiger partial charge in [0.05, 0.1) is 18.4 Å². The van der Waals surface area contributed by atoms with E-state index in [0.717, 1.165) is 4.90 Å². The summed E-state index contributed by atoms with van der Waals surface area (Å²) in [5.74, 6) is -0.646. The number of carbonyl (C=O) groups is 2. The third-order valence-corrected chi connectivity index (χ3v) is 3.97. The molecule has 1 aliphatic rings. The second kappa shape index (κ2) is 6.80. The lowest BCUT2D eigenvalue weighted by molar-refractivity contribution is -0.885. The molecule has 0 fully saturated rings. The lowest BCUT2D eigenvalue weighted by atomic mass is 10.2. The molecular weight excluding hydrogens is 309 g/mol. The molecule has 1 atom stereocenters. The Bertz CT molecular complexity index is 778. The van der Waals surface area contributed by atoms with Gasteiger partial charge in [0.15, 0.2) is 6.54 Å². The van der Waals surface area contributed by atoms with Crippen LogP contribution in [0.3, 0.4) is 0 Å². The molecule has 3 rings (SSSR count). The second-order valence-electron chi connectivity index (χ2n) is 5.95. The van der Waals surface area contributed by atoms with Crippen molar-refractivity contribution < 1.29 is 18.9 Å². The van der Waals surface area contributed by atoms with E-state index in [-0.39, 0.29) is 30.7 Å². The fourth-order valence-electron chi connectivity index (χ4n) is 2.84. The average molecular weight is 328 g/mol. The summed E-state index contributed by atoms with van der Waals surface area (Å²) in [5.41, 5.74) is 1.90. The van der Waals surface area contributed by atoms with Crippen LogP contribution in [0, 0.1) is 5.82 Å². The number of hydrogen-bond acceptors (Lipinski definition) is 2. The van der Waals surface area contributed by atoms with Gasteiger partial charge in [0.1, 0.15) is 18.9 Å². The molecular formula is C18H19FN3O2+. The molecule has 0 saturated carbocycles. The normalized spacial score (nSPS) is 14.8. The number of nitrogens with zero attached hydrogens (tertiary/aromatic N) is 1. The summed E-state index contributed by atoms with van der Waals surface area (Å²) in [6, 6.07) is 13.8. The minimum absolute atomic E-state index is 0.00280. The Hall–Kier alpha value is -2.73. The van der Waals surface area contributed by atoms with Gasteiger partial charge in [0.2, 0.25) is 5.91 Å². The number of rotatable bonds is 4. The zero-order valence-corrected chi connectivity index (χ0v) is 13.4. The molecule has 6 heteroatoms. The van der Waals surface area contributed by atoms with E-state index < -0.39 is 0 Å². The van der Waals surface area contributed by atoms with E-state index in [2.05, 4.69) is 5.32 Å². The Balaban J connectivity index is 1.71. The lowest BCUT2D eigenvalue weighted by Gasteiger charge is -2.29. The van der Waals surface area contributed by atoms with Crippen molar-refractivity contribution in [1.29, 1.82) is 0 Å². The molecule has 2 aromatic carbocycles. The molecule has 0 aromatic heterocycles. The van der Waals surface area contributed by atoms with Crippen LogP contribution in [-0.4, -0.2) is 32.0 Å². The maximum absolute atomic E-state index is 13.7. The summed E-state index contributed by atoms with van der Waals surface area (Å²) in [5, 5.41) is 2.76. The van der Waals surface area contributed by atoms with Crippen LogP contribution >= 0.6 is 0 Å². The Morgan fingerprint density at radius 1 is 1.21 bits per heavy atom. The highest BCUT2D eigenvalue weighted by Gasteiger charge is 2.28. The molecule has 2 amide bonds. The van der Waals surface area contributed by atoms with Gasteiger partial charge in [-0.25, -0.2) is 4.39 Å². The van der Waals surface area contributed by atoms with Crippen molar-refractivity contribution in [2.45, 2.75) is 6.54 Å². The number of anilines is 2. The van der Waals surface area contributed by atoms with Crippen molar-refractivity contribution in [3.63, 3.8) is 0 Å². The van der Waals surface area contributed by atoms with E-state index in [1.54, 1.807) is 30.3 Å². The Labute approximate surface area is 139 Å². The van der Waals surface area contributed by atoms with Crippen LogP contribution < -0.4 is 15.1 Å². The zero-order valence-electron chi connectivity index (χ0n) is 13.4. The molecule has 1 heterocycles. The largest absolute Gasteiger partial charge is 0.326 e. The van der Waals surface area contributed by atoms with E-state index >= 15 is 0 Å². The third-order valence-electron chi connectivity index (χ3n) is 3.97. The highest BCUT2D eigenvalue weighted by atomic mass is 19.1. The summed E-state index contributed by atoms with van der Waals surface area (Å²) < 4.78 is 13.7. The first-order valence-corrected chi connectivity index (χ1v) is 7.78. The topological polar surface area (TPSA) is 53.9 Å². The number of halogens is 1. The minimum Gasteiger partial charge on any atom is -0.326 e. The fourth-order valence-corrected chi connectivity index (χ4v) is 2.84. The predicted molar refractivity (Wildman–Crippen MR) is 89.3 cm³/mol. The number of benzene rings is 2. The van der Waals surface area contributed by atoms with Crippen molar-refractivity contribution >= 4 is 23.2 Å². The number of quaternary nitrogens is 1. The van der Waals surface area contributed by atoms with Crippen LogP contribution in [0.15, 0.2) is 48.5 Å². The zero-order chi connectivity index (χ0) is 17.1. The maximum Gasteiger partial charge on any atom is 0.282 e. The quantitative estimate of drug-likeness (QED) is 0.873. The van der Waals surface area contributed by atoms with E-state index in [1.807, 2.05) is 19.2 Å². The molecule has 0 saturated heterocycles. The van der Waals surface area contributed by atoms with Crippen molar-refractivity contribution in [3.05, 3.63) is 59.9 Å². The SMILES string of the molecule is C[NH+](CC(=O)N1CC(=O)Nc2ccccc21)Cc1ccccc1F. The van der Waals surface area contributed by atoms with Gasteiger partial charge >= 0.3 is 0 Å². The lowest BCUT2D eigenvalue weighted by Crippen LogP contribution is -3.09. The molecule has 0 spiro atoms. The number of likely N-dealkylation sites (N-methyl/N-ethyl adjacent to an activating group) is 1. The monoisotopic (exact) mass is 328 g/mol. The van der Waals surface area contributed by atoms with E-state index in [9.17, 15) is 14.0 Å². The van der Waals surface area contributed by atoms with Crippen LogP contribution in [0.4, 0.5) is 15.8 Å². The minimum atomic E-state index is -0.271. The van der Waals surface area contributed by atoms with Gasteiger partial charge in [-0.1, -0.05) is 30.3 Å². The number of fused-ring (bicyclic) bond motifs is 1. The Morgan fingerprint density at radius 2 is 1.92 bits per heavy atom. The molecule has 0 radical (unpaired) electrons. The third kappa shape index (κ3) is 3.44. The molecule has 1 unspecified atom stereocenters. The summed E-state index contributed by atoms with van der Waals surface area (Å²) in [6.07, 6.45) is 0. The van der Waals surface area contributed by atoms with Gasteiger partial charge in [-0.15, -0.1) is 0 Å². The smallest absolute Gasteiger partial charge is 0.282 e. The first-order valence-electron chi connectivity index (χ1n) is 7.78. The highest BCUT2D eigenvalue weighted by molar-refractivity contribution is 6.10. The Morgan fingerprint density at radius 3 is 2.71 bits per heavy atom. The summed E-state index contributed by atoms with van der Waals surface area (Å²) in [7, 11) is 1.83. The number of para-hydroxylation sites is 2. The summed E-state index contributed by atoms with van der Waals surface area (Å²) >= 11 is 0. The second-order valence-corrected chi connectivity index (χ2v) is 5.95. The van der Waals surface area contributed by atoms with E-state index in [1.165, 1.54) is 11.0 Å². The van der Waals surface area contributed by atoms with Crippen LogP contribution in [0.2, 0.25) is 0 Å². The standard InChI is InChI=1S/C18H18FN3O2/c1-21(10-13-6-2-3-7-14(13)19)12-18(24)22-11-17(23)20-15-8-4-5-9-16(15)22/h2-9H,10-12H2,1H3,(H,20,23)/p+1. The molecule has 2 N–H and O–H groups in total. The summed E-state index contributed by atoms with van der Waals surface area (Å²) in [6.45, 7) is 0.582. The van der Waals surface area contributed by atoms with Gasteiger partial charge in [0, 0.05) is 5.56 Å². The van der Waals surface area contributed by atoms with Crippen LogP contribution in [0.25, 0.3) is 0 Å². The molecule has 124 valence electrons. The predicted octanol–water partition coefficient (Wildman–Crippen LogP) is 0.826.